The maximum atomic E-state index is 3.45. The van der Waals surface area contributed by atoms with Crippen molar-refractivity contribution in [3.63, 3.8) is 0 Å². The smallest absolute Gasteiger partial charge is 0.00990 e. The summed E-state index contributed by atoms with van der Waals surface area (Å²) < 4.78 is 0. The number of hydrogen-bond donors (Lipinski definition) is 1. The molecule has 9 heavy (non-hydrogen) atoms. The van der Waals surface area contributed by atoms with Gasteiger partial charge in [-0.2, -0.15) is 0 Å². The first-order valence-corrected chi connectivity index (χ1v) is 4.11. The number of nitrogens with one attached hydrogen (secondary N) is 1. The van der Waals surface area contributed by atoms with E-state index >= 15 is 0 Å². The molecule has 0 saturated heterocycles. The topological polar surface area (TPSA) is 12.0 Å². The van der Waals surface area contributed by atoms with E-state index in [9.17, 15) is 0 Å². The Bertz CT molecular complexity index is 70.6. The molecular formula is C8H17N. The lowest BCUT2D eigenvalue weighted by molar-refractivity contribution is 0.614. The van der Waals surface area contributed by atoms with Crippen molar-refractivity contribution in [2.75, 3.05) is 6.54 Å². The summed E-state index contributed by atoms with van der Waals surface area (Å²) in [5.74, 6) is 1.02. The van der Waals surface area contributed by atoms with Crippen LogP contribution in [-0.2, 0) is 0 Å². The van der Waals surface area contributed by atoms with Gasteiger partial charge in [0.05, 0.1) is 0 Å². The third-order valence-corrected chi connectivity index (χ3v) is 2.05. The molecule has 1 aliphatic carbocycles. The molecule has 0 spiro atoms. The fourth-order valence-electron chi connectivity index (χ4n) is 1.45. The van der Waals surface area contributed by atoms with Crippen LogP contribution in [-0.4, -0.2) is 12.6 Å². The minimum Gasteiger partial charge on any atom is -0.314 e. The van der Waals surface area contributed by atoms with Crippen LogP contribution in [0.5, 0.6) is 0 Å². The Morgan fingerprint density at radius 1 is 1.44 bits per heavy atom. The SMILES string of the molecule is CCCC1CC1NCC. The van der Waals surface area contributed by atoms with Crippen LogP contribution in [0.2, 0.25) is 0 Å². The number of rotatable bonds is 4. The maximum Gasteiger partial charge on any atom is 0.00990 e. The molecule has 0 aromatic carbocycles. The fourth-order valence-corrected chi connectivity index (χ4v) is 1.45. The summed E-state index contributed by atoms with van der Waals surface area (Å²) in [6.07, 6.45) is 4.21. The van der Waals surface area contributed by atoms with Crippen LogP contribution in [0.4, 0.5) is 0 Å². The first kappa shape index (κ1) is 7.07. The van der Waals surface area contributed by atoms with E-state index in [2.05, 4.69) is 19.2 Å². The first-order chi connectivity index (χ1) is 4.38. The van der Waals surface area contributed by atoms with Crippen molar-refractivity contribution in [1.82, 2.24) is 5.32 Å². The molecule has 1 aliphatic rings. The van der Waals surface area contributed by atoms with Gasteiger partial charge in [0.15, 0.2) is 0 Å². The zero-order chi connectivity index (χ0) is 6.69. The molecule has 0 radical (unpaired) electrons. The molecule has 1 saturated carbocycles. The molecule has 1 nitrogen and oxygen atoms in total. The summed E-state index contributed by atoms with van der Waals surface area (Å²) in [7, 11) is 0. The third-order valence-electron chi connectivity index (χ3n) is 2.05. The molecule has 0 amide bonds. The Kier molecular flexibility index (Phi) is 2.52. The van der Waals surface area contributed by atoms with Crippen molar-refractivity contribution >= 4 is 0 Å². The van der Waals surface area contributed by atoms with Crippen LogP contribution < -0.4 is 5.32 Å². The predicted molar refractivity (Wildman–Crippen MR) is 40.5 cm³/mol. The zero-order valence-corrected chi connectivity index (χ0v) is 6.48. The average Bonchev–Trinajstić information content (AvgIpc) is 2.50. The van der Waals surface area contributed by atoms with Crippen LogP contribution >= 0.6 is 0 Å². The minimum absolute atomic E-state index is 0.884. The molecule has 1 heteroatoms. The van der Waals surface area contributed by atoms with E-state index in [1.54, 1.807) is 0 Å². The molecule has 1 rings (SSSR count). The lowest BCUT2D eigenvalue weighted by Crippen LogP contribution is -2.16. The van der Waals surface area contributed by atoms with Gasteiger partial charge in [-0.15, -0.1) is 0 Å². The summed E-state index contributed by atoms with van der Waals surface area (Å²) in [6, 6.07) is 0.884. The van der Waals surface area contributed by atoms with Gasteiger partial charge in [0.25, 0.3) is 0 Å². The minimum atomic E-state index is 0.884. The first-order valence-electron chi connectivity index (χ1n) is 4.11. The average molecular weight is 127 g/mol. The highest BCUT2D eigenvalue weighted by Gasteiger charge is 2.34. The molecule has 0 bridgehead atoms. The number of hydrogen-bond acceptors (Lipinski definition) is 1. The summed E-state index contributed by atoms with van der Waals surface area (Å²) >= 11 is 0. The molecule has 0 aromatic rings. The van der Waals surface area contributed by atoms with Crippen molar-refractivity contribution in [3.05, 3.63) is 0 Å². The summed E-state index contributed by atoms with van der Waals surface area (Å²) in [5.41, 5.74) is 0. The molecule has 2 atom stereocenters. The lowest BCUT2D eigenvalue weighted by Gasteiger charge is -1.96. The monoisotopic (exact) mass is 127 g/mol. The Morgan fingerprint density at radius 3 is 2.78 bits per heavy atom. The van der Waals surface area contributed by atoms with Gasteiger partial charge in [-0.3, -0.25) is 0 Å². The van der Waals surface area contributed by atoms with E-state index in [1.807, 2.05) is 0 Å². The van der Waals surface area contributed by atoms with Crippen LogP contribution in [0.25, 0.3) is 0 Å². The molecule has 1 fully saturated rings. The third kappa shape index (κ3) is 1.98. The van der Waals surface area contributed by atoms with Crippen LogP contribution in [0.3, 0.4) is 0 Å². The highest BCUT2D eigenvalue weighted by atomic mass is 15.0. The molecule has 2 unspecified atom stereocenters. The van der Waals surface area contributed by atoms with E-state index in [0.717, 1.165) is 18.5 Å². The second kappa shape index (κ2) is 3.21. The molecule has 54 valence electrons. The van der Waals surface area contributed by atoms with E-state index in [4.69, 9.17) is 0 Å². The molecule has 0 aliphatic heterocycles. The molecular weight excluding hydrogens is 110 g/mol. The normalized spacial score (nSPS) is 32.7. The zero-order valence-electron chi connectivity index (χ0n) is 6.48. The van der Waals surface area contributed by atoms with Crippen LogP contribution in [0.15, 0.2) is 0 Å². The predicted octanol–water partition coefficient (Wildman–Crippen LogP) is 1.78. The lowest BCUT2D eigenvalue weighted by atomic mass is 10.2. The maximum absolute atomic E-state index is 3.45. The highest BCUT2D eigenvalue weighted by molar-refractivity contribution is 4.91. The Balaban J connectivity index is 1.96. The van der Waals surface area contributed by atoms with Gasteiger partial charge < -0.3 is 5.32 Å². The summed E-state index contributed by atoms with van der Waals surface area (Å²) in [6.45, 7) is 5.59. The van der Waals surface area contributed by atoms with Crippen molar-refractivity contribution in [2.45, 2.75) is 39.2 Å². The van der Waals surface area contributed by atoms with E-state index in [-0.39, 0.29) is 0 Å². The van der Waals surface area contributed by atoms with Crippen LogP contribution in [0.1, 0.15) is 33.1 Å². The van der Waals surface area contributed by atoms with E-state index in [0.29, 0.717) is 0 Å². The van der Waals surface area contributed by atoms with Gasteiger partial charge >= 0.3 is 0 Å². The van der Waals surface area contributed by atoms with Gasteiger partial charge in [-0.1, -0.05) is 20.3 Å². The Morgan fingerprint density at radius 2 is 2.22 bits per heavy atom. The van der Waals surface area contributed by atoms with Gasteiger partial charge in [-0.25, -0.2) is 0 Å². The van der Waals surface area contributed by atoms with E-state index in [1.165, 1.54) is 19.3 Å². The largest absolute Gasteiger partial charge is 0.314 e. The van der Waals surface area contributed by atoms with Gasteiger partial charge in [0.2, 0.25) is 0 Å². The van der Waals surface area contributed by atoms with Crippen molar-refractivity contribution in [2.24, 2.45) is 5.92 Å². The van der Waals surface area contributed by atoms with Crippen LogP contribution in [0, 0.1) is 5.92 Å². The van der Waals surface area contributed by atoms with Gasteiger partial charge in [0, 0.05) is 6.04 Å². The molecule has 0 heterocycles. The Hall–Kier alpha value is -0.0400. The van der Waals surface area contributed by atoms with Crippen molar-refractivity contribution in [3.8, 4) is 0 Å². The fraction of sp³-hybridized carbons (Fsp3) is 1.00. The second-order valence-electron chi connectivity index (χ2n) is 2.95. The van der Waals surface area contributed by atoms with Gasteiger partial charge in [-0.05, 0) is 25.3 Å². The van der Waals surface area contributed by atoms with Crippen molar-refractivity contribution in [1.29, 1.82) is 0 Å². The summed E-state index contributed by atoms with van der Waals surface area (Å²) in [5, 5.41) is 3.45. The van der Waals surface area contributed by atoms with E-state index < -0.39 is 0 Å². The highest BCUT2D eigenvalue weighted by Crippen LogP contribution is 2.34. The quantitative estimate of drug-likeness (QED) is 0.607. The van der Waals surface area contributed by atoms with Gasteiger partial charge in [0.1, 0.15) is 0 Å². The van der Waals surface area contributed by atoms with Crippen molar-refractivity contribution < 1.29 is 0 Å². The second-order valence-corrected chi connectivity index (χ2v) is 2.95. The standard InChI is InChI=1S/C8H17N/c1-3-5-7-6-8(7)9-4-2/h7-9H,3-6H2,1-2H3. The Labute approximate surface area is 57.8 Å². The summed E-state index contributed by atoms with van der Waals surface area (Å²) in [4.78, 5) is 0. The molecule has 1 N–H and O–H groups in total. The molecule has 0 aromatic heterocycles.